The summed E-state index contributed by atoms with van der Waals surface area (Å²) < 4.78 is 16.2. The normalized spacial score (nSPS) is 15.4. The van der Waals surface area contributed by atoms with Gasteiger partial charge >= 0.3 is 0 Å². The number of hydrogen-bond donors (Lipinski definition) is 1. The van der Waals surface area contributed by atoms with E-state index >= 15 is 0 Å². The molecule has 1 aromatic rings. The van der Waals surface area contributed by atoms with Crippen molar-refractivity contribution in [3.63, 3.8) is 0 Å². The number of benzene rings is 1. The molecule has 1 heterocycles. The van der Waals surface area contributed by atoms with E-state index in [1.54, 1.807) is 14.2 Å². The van der Waals surface area contributed by atoms with Gasteiger partial charge in [0.25, 0.3) is 5.91 Å². The first-order valence-electron chi connectivity index (χ1n) is 8.44. The van der Waals surface area contributed by atoms with Gasteiger partial charge in [-0.2, -0.15) is 0 Å². The predicted octanol–water partition coefficient (Wildman–Crippen LogP) is 1.82. The fourth-order valence-corrected chi connectivity index (χ4v) is 2.74. The minimum Gasteiger partial charge on any atom is -0.493 e. The Labute approximate surface area is 144 Å². The van der Waals surface area contributed by atoms with Gasteiger partial charge in [-0.3, -0.25) is 4.79 Å². The molecule has 0 bridgehead atoms. The molecule has 24 heavy (non-hydrogen) atoms. The molecule has 0 unspecified atom stereocenters. The SMILES string of the molecule is COC[C@H](C)NCc1ccc(OCC(=O)N2CCCC2)c(OC)c1. The quantitative estimate of drug-likeness (QED) is 0.745. The highest BCUT2D eigenvalue weighted by molar-refractivity contribution is 5.78. The lowest BCUT2D eigenvalue weighted by Crippen LogP contribution is -2.32. The fourth-order valence-electron chi connectivity index (χ4n) is 2.74. The van der Waals surface area contributed by atoms with Gasteiger partial charge in [0.1, 0.15) is 0 Å². The molecule has 0 radical (unpaired) electrons. The second-order valence-electron chi connectivity index (χ2n) is 6.10. The van der Waals surface area contributed by atoms with Crippen molar-refractivity contribution in [3.05, 3.63) is 23.8 Å². The third kappa shape index (κ3) is 5.39. The number of likely N-dealkylation sites (tertiary alicyclic amines) is 1. The number of hydrogen-bond acceptors (Lipinski definition) is 5. The van der Waals surface area contributed by atoms with Crippen molar-refractivity contribution in [1.82, 2.24) is 10.2 Å². The van der Waals surface area contributed by atoms with Gasteiger partial charge in [0.05, 0.1) is 13.7 Å². The number of rotatable bonds is 9. The lowest BCUT2D eigenvalue weighted by molar-refractivity contribution is -0.132. The summed E-state index contributed by atoms with van der Waals surface area (Å²) in [5, 5.41) is 3.38. The number of nitrogens with zero attached hydrogens (tertiary/aromatic N) is 1. The molecule has 0 aliphatic carbocycles. The Kier molecular flexibility index (Phi) is 7.34. The number of ether oxygens (including phenoxy) is 3. The Morgan fingerprint density at radius 2 is 2.00 bits per heavy atom. The first-order valence-corrected chi connectivity index (χ1v) is 8.44. The molecule has 6 nitrogen and oxygen atoms in total. The molecule has 0 spiro atoms. The van der Waals surface area contributed by atoms with Gasteiger partial charge in [-0.05, 0) is 37.5 Å². The Morgan fingerprint density at radius 3 is 2.67 bits per heavy atom. The Hall–Kier alpha value is -1.79. The van der Waals surface area contributed by atoms with Crippen LogP contribution in [0.4, 0.5) is 0 Å². The molecule has 1 atom stereocenters. The molecule has 0 saturated carbocycles. The van der Waals surface area contributed by atoms with Crippen molar-refractivity contribution < 1.29 is 19.0 Å². The lowest BCUT2D eigenvalue weighted by atomic mass is 10.2. The summed E-state index contributed by atoms with van der Waals surface area (Å²) in [5.41, 5.74) is 1.09. The van der Waals surface area contributed by atoms with E-state index in [2.05, 4.69) is 12.2 Å². The van der Waals surface area contributed by atoms with Crippen molar-refractivity contribution in [2.75, 3.05) is 40.5 Å². The van der Waals surface area contributed by atoms with Crippen molar-refractivity contribution in [2.45, 2.75) is 32.4 Å². The van der Waals surface area contributed by atoms with Gasteiger partial charge in [0, 0.05) is 32.8 Å². The van der Waals surface area contributed by atoms with Gasteiger partial charge in [0.2, 0.25) is 0 Å². The van der Waals surface area contributed by atoms with E-state index in [1.165, 1.54) is 0 Å². The standard InChI is InChI=1S/C18H28N2O4/c1-14(12-22-2)19-11-15-6-7-16(17(10-15)23-3)24-13-18(21)20-8-4-5-9-20/h6-7,10,14,19H,4-5,8-9,11-13H2,1-3H3/t14-/m0/s1. The first-order chi connectivity index (χ1) is 11.6. The van der Waals surface area contributed by atoms with Crippen molar-refractivity contribution in [3.8, 4) is 11.5 Å². The maximum absolute atomic E-state index is 12.1. The van der Waals surface area contributed by atoms with Gasteiger partial charge in [-0.25, -0.2) is 0 Å². The Bertz CT molecular complexity index is 530. The molecule has 1 fully saturated rings. The highest BCUT2D eigenvalue weighted by Gasteiger charge is 2.18. The smallest absolute Gasteiger partial charge is 0.260 e. The van der Waals surface area contributed by atoms with Gasteiger partial charge in [-0.15, -0.1) is 0 Å². The number of methoxy groups -OCH3 is 2. The van der Waals surface area contributed by atoms with E-state index in [4.69, 9.17) is 14.2 Å². The van der Waals surface area contributed by atoms with Crippen LogP contribution in [0.2, 0.25) is 0 Å². The van der Waals surface area contributed by atoms with Crippen molar-refractivity contribution in [1.29, 1.82) is 0 Å². The molecule has 1 aliphatic rings. The van der Waals surface area contributed by atoms with Crippen LogP contribution in [0.25, 0.3) is 0 Å². The molecule has 1 saturated heterocycles. The Balaban J connectivity index is 1.89. The summed E-state index contributed by atoms with van der Waals surface area (Å²) in [6.07, 6.45) is 2.16. The molecule has 1 aliphatic heterocycles. The summed E-state index contributed by atoms with van der Waals surface area (Å²) in [7, 11) is 3.30. The first kappa shape index (κ1) is 18.5. The summed E-state index contributed by atoms with van der Waals surface area (Å²) in [5.74, 6) is 1.27. The maximum atomic E-state index is 12.1. The summed E-state index contributed by atoms with van der Waals surface area (Å²) in [6.45, 7) is 5.18. The third-order valence-electron chi connectivity index (χ3n) is 4.11. The van der Waals surface area contributed by atoms with E-state index in [1.807, 2.05) is 23.1 Å². The molecule has 1 amide bonds. The largest absolute Gasteiger partial charge is 0.493 e. The summed E-state index contributed by atoms with van der Waals surface area (Å²) >= 11 is 0. The summed E-state index contributed by atoms with van der Waals surface area (Å²) in [6, 6.07) is 6.04. The minimum atomic E-state index is 0.0358. The molecule has 0 aromatic heterocycles. The van der Waals surface area contributed by atoms with Gasteiger partial charge in [-0.1, -0.05) is 6.07 Å². The van der Waals surface area contributed by atoms with Crippen LogP contribution in [0.3, 0.4) is 0 Å². The zero-order valence-electron chi connectivity index (χ0n) is 14.8. The highest BCUT2D eigenvalue weighted by atomic mass is 16.5. The van der Waals surface area contributed by atoms with Gasteiger partial charge in [0.15, 0.2) is 18.1 Å². The van der Waals surface area contributed by atoms with Crippen LogP contribution in [0, 0.1) is 0 Å². The lowest BCUT2D eigenvalue weighted by Gasteiger charge is -2.17. The zero-order chi connectivity index (χ0) is 17.4. The summed E-state index contributed by atoms with van der Waals surface area (Å²) in [4.78, 5) is 13.9. The van der Waals surface area contributed by atoms with E-state index in [-0.39, 0.29) is 18.6 Å². The van der Waals surface area contributed by atoms with Crippen LogP contribution in [-0.4, -0.2) is 57.4 Å². The van der Waals surface area contributed by atoms with E-state index < -0.39 is 0 Å². The minimum absolute atomic E-state index is 0.0358. The fraction of sp³-hybridized carbons (Fsp3) is 0.611. The molecule has 2 rings (SSSR count). The molecule has 1 aromatic carbocycles. The van der Waals surface area contributed by atoms with Crippen LogP contribution in [0.1, 0.15) is 25.3 Å². The third-order valence-corrected chi connectivity index (χ3v) is 4.11. The molecule has 1 N–H and O–H groups in total. The second-order valence-corrected chi connectivity index (χ2v) is 6.10. The van der Waals surface area contributed by atoms with Crippen molar-refractivity contribution in [2.24, 2.45) is 0 Å². The zero-order valence-corrected chi connectivity index (χ0v) is 14.8. The van der Waals surface area contributed by atoms with Crippen LogP contribution < -0.4 is 14.8 Å². The average Bonchev–Trinajstić information content (AvgIpc) is 3.13. The van der Waals surface area contributed by atoms with Crippen molar-refractivity contribution >= 4 is 5.91 Å². The topological polar surface area (TPSA) is 60.0 Å². The molecular formula is C18H28N2O4. The molecule has 134 valence electrons. The average molecular weight is 336 g/mol. The van der Waals surface area contributed by atoms with Crippen LogP contribution in [0.5, 0.6) is 11.5 Å². The van der Waals surface area contributed by atoms with E-state index in [0.29, 0.717) is 24.7 Å². The van der Waals surface area contributed by atoms with E-state index in [0.717, 1.165) is 31.5 Å². The predicted molar refractivity (Wildman–Crippen MR) is 92.5 cm³/mol. The number of carbonyl (C=O) groups excluding carboxylic acids is 1. The second kappa shape index (κ2) is 9.49. The number of nitrogens with one attached hydrogen (secondary N) is 1. The highest BCUT2D eigenvalue weighted by Crippen LogP contribution is 2.28. The Morgan fingerprint density at radius 1 is 1.25 bits per heavy atom. The van der Waals surface area contributed by atoms with Crippen LogP contribution in [0.15, 0.2) is 18.2 Å². The number of carbonyl (C=O) groups is 1. The van der Waals surface area contributed by atoms with Crippen LogP contribution >= 0.6 is 0 Å². The maximum Gasteiger partial charge on any atom is 0.260 e. The van der Waals surface area contributed by atoms with E-state index in [9.17, 15) is 4.79 Å². The molecular weight excluding hydrogens is 308 g/mol. The van der Waals surface area contributed by atoms with Gasteiger partial charge < -0.3 is 24.4 Å². The number of amides is 1. The monoisotopic (exact) mass is 336 g/mol. The van der Waals surface area contributed by atoms with Crippen LogP contribution in [-0.2, 0) is 16.1 Å². The molecule has 6 heteroatoms.